The highest BCUT2D eigenvalue weighted by Gasteiger charge is 2.31. The van der Waals surface area contributed by atoms with E-state index in [2.05, 4.69) is 0 Å². The van der Waals surface area contributed by atoms with Crippen LogP contribution < -0.4 is 4.74 Å². The number of para-hydroxylation sites is 1. The fourth-order valence-electron chi connectivity index (χ4n) is 2.04. The molecule has 0 amide bonds. The van der Waals surface area contributed by atoms with Crippen molar-refractivity contribution >= 4 is 0 Å². The number of benzene rings is 1. The van der Waals surface area contributed by atoms with Gasteiger partial charge in [0.05, 0.1) is 6.26 Å². The van der Waals surface area contributed by atoms with Crippen molar-refractivity contribution in [1.82, 2.24) is 0 Å². The Hall–Kier alpha value is -1.74. The van der Waals surface area contributed by atoms with Crippen molar-refractivity contribution < 1.29 is 14.3 Å². The van der Waals surface area contributed by atoms with E-state index in [-0.39, 0.29) is 0 Å². The minimum Gasteiger partial charge on any atom is -0.479 e. The SMILES string of the molecule is O[C@H]1Cc2ccccc2O[C@@H]1c1ccco1. The number of rotatable bonds is 1. The predicted octanol–water partition coefficient (Wildman–Crippen LogP) is 2.32. The molecule has 82 valence electrons. The second-order valence-corrected chi connectivity index (χ2v) is 3.93. The van der Waals surface area contributed by atoms with Crippen molar-refractivity contribution in [1.29, 1.82) is 0 Å². The van der Waals surface area contributed by atoms with E-state index in [1.807, 2.05) is 30.3 Å². The number of hydrogen-bond acceptors (Lipinski definition) is 3. The zero-order valence-corrected chi connectivity index (χ0v) is 8.67. The van der Waals surface area contributed by atoms with Crippen molar-refractivity contribution in [3.05, 3.63) is 54.0 Å². The summed E-state index contributed by atoms with van der Waals surface area (Å²) in [6.45, 7) is 0. The van der Waals surface area contributed by atoms with Crippen molar-refractivity contribution in [2.45, 2.75) is 18.6 Å². The molecular formula is C13H12O3. The van der Waals surface area contributed by atoms with Crippen LogP contribution in [0.1, 0.15) is 17.4 Å². The minimum absolute atomic E-state index is 0.398. The number of hydrogen-bond donors (Lipinski definition) is 1. The highest BCUT2D eigenvalue weighted by Crippen LogP contribution is 2.34. The Morgan fingerprint density at radius 3 is 2.81 bits per heavy atom. The van der Waals surface area contributed by atoms with E-state index in [4.69, 9.17) is 9.15 Å². The molecule has 3 rings (SSSR count). The first kappa shape index (κ1) is 9.48. The first-order valence-electron chi connectivity index (χ1n) is 5.30. The quantitative estimate of drug-likeness (QED) is 0.795. The first-order valence-corrected chi connectivity index (χ1v) is 5.30. The van der Waals surface area contributed by atoms with E-state index in [0.717, 1.165) is 11.3 Å². The maximum atomic E-state index is 10.0. The average Bonchev–Trinajstić information content (AvgIpc) is 2.81. The lowest BCUT2D eigenvalue weighted by Gasteiger charge is -2.29. The van der Waals surface area contributed by atoms with Crippen LogP contribution in [0.5, 0.6) is 5.75 Å². The molecule has 1 aliphatic rings. The summed E-state index contributed by atoms with van der Waals surface area (Å²) in [6.07, 6.45) is 1.24. The molecule has 0 spiro atoms. The van der Waals surface area contributed by atoms with Crippen LogP contribution in [-0.2, 0) is 6.42 Å². The summed E-state index contributed by atoms with van der Waals surface area (Å²) in [5.41, 5.74) is 1.04. The van der Waals surface area contributed by atoms with Gasteiger partial charge in [-0.1, -0.05) is 18.2 Å². The molecule has 1 N–H and O–H groups in total. The zero-order valence-electron chi connectivity index (χ0n) is 8.67. The van der Waals surface area contributed by atoms with Gasteiger partial charge in [-0.15, -0.1) is 0 Å². The fourth-order valence-corrected chi connectivity index (χ4v) is 2.04. The van der Waals surface area contributed by atoms with Crippen molar-refractivity contribution in [3.63, 3.8) is 0 Å². The average molecular weight is 216 g/mol. The highest BCUT2D eigenvalue weighted by molar-refractivity contribution is 5.36. The predicted molar refractivity (Wildman–Crippen MR) is 58.2 cm³/mol. The summed E-state index contributed by atoms with van der Waals surface area (Å²) in [4.78, 5) is 0. The number of furan rings is 1. The first-order chi connectivity index (χ1) is 7.84. The van der Waals surface area contributed by atoms with Gasteiger partial charge < -0.3 is 14.3 Å². The number of aliphatic hydroxyl groups is 1. The Labute approximate surface area is 93.3 Å². The van der Waals surface area contributed by atoms with Gasteiger partial charge in [0.25, 0.3) is 0 Å². The molecule has 2 atom stereocenters. The third-order valence-corrected chi connectivity index (χ3v) is 2.83. The van der Waals surface area contributed by atoms with E-state index >= 15 is 0 Å². The number of ether oxygens (including phenoxy) is 1. The van der Waals surface area contributed by atoms with Gasteiger partial charge >= 0.3 is 0 Å². The monoisotopic (exact) mass is 216 g/mol. The van der Waals surface area contributed by atoms with E-state index < -0.39 is 12.2 Å². The molecule has 3 heteroatoms. The maximum absolute atomic E-state index is 10.0. The molecule has 2 aromatic rings. The van der Waals surface area contributed by atoms with Crippen LogP contribution in [0.3, 0.4) is 0 Å². The Kier molecular flexibility index (Phi) is 2.18. The van der Waals surface area contributed by atoms with Gasteiger partial charge in [0.2, 0.25) is 0 Å². The minimum atomic E-state index is -0.555. The van der Waals surface area contributed by atoms with Gasteiger partial charge in [-0.3, -0.25) is 0 Å². The van der Waals surface area contributed by atoms with Gasteiger partial charge in [-0.25, -0.2) is 0 Å². The molecule has 0 fully saturated rings. The van der Waals surface area contributed by atoms with Gasteiger partial charge in [0.1, 0.15) is 17.6 Å². The summed E-state index contributed by atoms with van der Waals surface area (Å²) in [7, 11) is 0. The molecule has 1 aromatic heterocycles. The van der Waals surface area contributed by atoms with Gasteiger partial charge in [0, 0.05) is 6.42 Å². The summed E-state index contributed by atoms with van der Waals surface area (Å²) < 4.78 is 11.0. The van der Waals surface area contributed by atoms with Crippen LogP contribution >= 0.6 is 0 Å². The third kappa shape index (κ3) is 1.49. The van der Waals surface area contributed by atoms with Crippen molar-refractivity contribution in [2.24, 2.45) is 0 Å². The van der Waals surface area contributed by atoms with Crippen molar-refractivity contribution in [3.8, 4) is 5.75 Å². The van der Waals surface area contributed by atoms with E-state index in [9.17, 15) is 5.11 Å². The van der Waals surface area contributed by atoms with Crippen LogP contribution in [0.15, 0.2) is 47.1 Å². The third-order valence-electron chi connectivity index (χ3n) is 2.83. The van der Waals surface area contributed by atoms with Crippen LogP contribution in [0.25, 0.3) is 0 Å². The molecule has 0 radical (unpaired) electrons. The number of fused-ring (bicyclic) bond motifs is 1. The second-order valence-electron chi connectivity index (χ2n) is 3.93. The zero-order chi connectivity index (χ0) is 11.0. The van der Waals surface area contributed by atoms with Crippen LogP contribution in [0.2, 0.25) is 0 Å². The Morgan fingerprint density at radius 1 is 1.12 bits per heavy atom. The Bertz CT molecular complexity index is 476. The maximum Gasteiger partial charge on any atom is 0.182 e. The molecule has 0 saturated heterocycles. The number of aliphatic hydroxyl groups excluding tert-OH is 1. The lowest BCUT2D eigenvalue weighted by Crippen LogP contribution is -2.29. The van der Waals surface area contributed by atoms with E-state index in [0.29, 0.717) is 12.2 Å². The molecule has 0 bridgehead atoms. The highest BCUT2D eigenvalue weighted by atomic mass is 16.5. The van der Waals surface area contributed by atoms with E-state index in [1.54, 1.807) is 12.3 Å². The van der Waals surface area contributed by atoms with E-state index in [1.165, 1.54) is 0 Å². The molecular weight excluding hydrogens is 204 g/mol. The molecule has 2 heterocycles. The van der Waals surface area contributed by atoms with Crippen LogP contribution in [-0.4, -0.2) is 11.2 Å². The van der Waals surface area contributed by atoms with Crippen LogP contribution in [0, 0.1) is 0 Å². The van der Waals surface area contributed by atoms with Crippen LogP contribution in [0.4, 0.5) is 0 Å². The summed E-state index contributed by atoms with van der Waals surface area (Å²) >= 11 is 0. The molecule has 0 saturated carbocycles. The molecule has 1 aliphatic heterocycles. The lowest BCUT2D eigenvalue weighted by atomic mass is 9.98. The summed E-state index contributed by atoms with van der Waals surface area (Å²) in [6, 6.07) is 11.4. The molecule has 3 nitrogen and oxygen atoms in total. The molecule has 0 unspecified atom stereocenters. The Balaban J connectivity index is 1.95. The second kappa shape index (κ2) is 3.68. The standard InChI is InChI=1S/C13H12O3/c14-10-8-9-4-1-2-5-11(9)16-13(10)12-6-3-7-15-12/h1-7,10,13-14H,8H2/t10-,13-/m0/s1. The fraction of sp³-hybridized carbons (Fsp3) is 0.231. The van der Waals surface area contributed by atoms with Gasteiger partial charge in [0.15, 0.2) is 6.10 Å². The smallest absolute Gasteiger partial charge is 0.182 e. The van der Waals surface area contributed by atoms with Crippen molar-refractivity contribution in [2.75, 3.05) is 0 Å². The van der Waals surface area contributed by atoms with Gasteiger partial charge in [-0.2, -0.15) is 0 Å². The Morgan fingerprint density at radius 2 is 2.00 bits per heavy atom. The summed E-state index contributed by atoms with van der Waals surface area (Å²) in [5, 5.41) is 10.0. The molecule has 0 aliphatic carbocycles. The topological polar surface area (TPSA) is 42.6 Å². The molecule has 1 aromatic carbocycles. The largest absolute Gasteiger partial charge is 0.479 e. The summed E-state index contributed by atoms with van der Waals surface area (Å²) in [5.74, 6) is 1.50. The normalized spacial score (nSPS) is 23.6. The molecule has 16 heavy (non-hydrogen) atoms. The van der Waals surface area contributed by atoms with Gasteiger partial charge in [-0.05, 0) is 23.8 Å². The lowest BCUT2D eigenvalue weighted by molar-refractivity contribution is 0.00875.